The third-order valence-electron chi connectivity index (χ3n) is 2.53. The minimum Gasteiger partial charge on any atom is -0.438 e. The van der Waals surface area contributed by atoms with Crippen LogP contribution < -0.4 is 10.1 Å². The average molecular weight is 344 g/mol. The fourth-order valence-corrected chi connectivity index (χ4v) is 1.69. The normalized spacial score (nSPS) is 11.0. The van der Waals surface area contributed by atoms with Crippen molar-refractivity contribution in [2.45, 2.75) is 6.18 Å². The number of amides is 1. The number of hydrogen-bond donors (Lipinski definition) is 1. The number of anilines is 1. The van der Waals surface area contributed by atoms with Gasteiger partial charge in [0.15, 0.2) is 0 Å². The molecule has 0 atom stereocenters. The minimum atomic E-state index is -4.70. The van der Waals surface area contributed by atoms with Crippen molar-refractivity contribution in [3.63, 3.8) is 0 Å². The van der Waals surface area contributed by atoms with Gasteiger partial charge in [-0.2, -0.15) is 18.2 Å². The van der Waals surface area contributed by atoms with E-state index in [-0.39, 0.29) is 11.0 Å². The summed E-state index contributed by atoms with van der Waals surface area (Å²) in [4.78, 5) is 18.0. The van der Waals surface area contributed by atoms with Gasteiger partial charge in [0, 0.05) is 18.0 Å². The van der Waals surface area contributed by atoms with E-state index in [1.165, 1.54) is 24.3 Å². The first-order valence-electron chi connectivity index (χ1n) is 6.10. The number of benzene rings is 1. The number of nitrogens with one attached hydrogen (secondary N) is 1. The Bertz CT molecular complexity index is 750. The van der Waals surface area contributed by atoms with Crippen LogP contribution in [0.1, 0.15) is 5.56 Å². The van der Waals surface area contributed by atoms with E-state index in [0.29, 0.717) is 11.9 Å². The van der Waals surface area contributed by atoms with Crippen LogP contribution >= 0.6 is 11.6 Å². The van der Waals surface area contributed by atoms with Crippen LogP contribution in [-0.4, -0.2) is 15.9 Å². The van der Waals surface area contributed by atoms with E-state index >= 15 is 0 Å². The Hall–Kier alpha value is -2.61. The van der Waals surface area contributed by atoms with E-state index in [2.05, 4.69) is 21.9 Å². The van der Waals surface area contributed by atoms with E-state index in [0.717, 1.165) is 6.08 Å². The smallest absolute Gasteiger partial charge is 0.423 e. The summed E-state index contributed by atoms with van der Waals surface area (Å²) in [5, 5.41) is 2.07. The average Bonchev–Trinajstić information content (AvgIpc) is 2.46. The fourth-order valence-electron chi connectivity index (χ4n) is 1.56. The fraction of sp³-hybridized carbons (Fsp3) is 0.0714. The molecule has 1 N–H and O–H groups in total. The molecule has 2 rings (SSSR count). The Morgan fingerprint density at radius 1 is 1.39 bits per heavy atom. The first-order valence-corrected chi connectivity index (χ1v) is 6.48. The van der Waals surface area contributed by atoms with Crippen molar-refractivity contribution >= 4 is 23.2 Å². The number of carbonyl (C=O) groups excluding carboxylic acids is 1. The molecule has 0 spiro atoms. The van der Waals surface area contributed by atoms with Crippen LogP contribution in [0.5, 0.6) is 11.6 Å². The number of nitrogens with zero attached hydrogens (tertiary/aromatic N) is 2. The topological polar surface area (TPSA) is 64.1 Å². The molecule has 0 radical (unpaired) electrons. The molecule has 1 heterocycles. The zero-order valence-electron chi connectivity index (χ0n) is 11.4. The summed E-state index contributed by atoms with van der Waals surface area (Å²) >= 11 is 5.51. The molecule has 0 bridgehead atoms. The molecule has 120 valence electrons. The van der Waals surface area contributed by atoms with Gasteiger partial charge in [-0.15, -0.1) is 0 Å². The molecule has 2 aromatic rings. The van der Waals surface area contributed by atoms with Gasteiger partial charge in [0.1, 0.15) is 11.3 Å². The molecular formula is C14H9ClF3N3O2. The van der Waals surface area contributed by atoms with Gasteiger partial charge in [-0.05, 0) is 29.8 Å². The van der Waals surface area contributed by atoms with Gasteiger partial charge in [-0.25, -0.2) is 4.98 Å². The number of aromatic nitrogens is 2. The highest BCUT2D eigenvalue weighted by Gasteiger charge is 2.36. The van der Waals surface area contributed by atoms with Gasteiger partial charge in [-0.1, -0.05) is 12.6 Å². The second kappa shape index (κ2) is 6.66. The van der Waals surface area contributed by atoms with E-state index in [9.17, 15) is 18.0 Å². The molecule has 0 fully saturated rings. The first-order chi connectivity index (χ1) is 10.8. The maximum Gasteiger partial charge on any atom is 0.423 e. The Kier molecular flexibility index (Phi) is 4.85. The van der Waals surface area contributed by atoms with Gasteiger partial charge >= 0.3 is 6.18 Å². The summed E-state index contributed by atoms with van der Waals surface area (Å²) in [6.07, 6.45) is -3.11. The molecular weight excluding hydrogens is 335 g/mol. The van der Waals surface area contributed by atoms with Crippen LogP contribution in [0.4, 0.5) is 18.9 Å². The molecule has 0 aliphatic rings. The minimum absolute atomic E-state index is 0.0344. The predicted octanol–water partition coefficient (Wildman–Crippen LogP) is 4.07. The summed E-state index contributed by atoms with van der Waals surface area (Å²) < 4.78 is 43.9. The van der Waals surface area contributed by atoms with Crippen LogP contribution in [0.2, 0.25) is 5.28 Å². The summed E-state index contributed by atoms with van der Waals surface area (Å²) in [7, 11) is 0. The first kappa shape index (κ1) is 16.8. The molecule has 0 saturated carbocycles. The quantitative estimate of drug-likeness (QED) is 0.671. The van der Waals surface area contributed by atoms with Gasteiger partial charge in [0.05, 0.1) is 0 Å². The SMILES string of the molecule is C=CC(=O)Nc1cccc(Oc2nc(Cl)ncc2C(F)(F)F)c1. The lowest BCUT2D eigenvalue weighted by molar-refractivity contribution is -0.139. The third kappa shape index (κ3) is 4.43. The third-order valence-corrected chi connectivity index (χ3v) is 2.71. The van der Waals surface area contributed by atoms with Gasteiger partial charge in [0.25, 0.3) is 0 Å². The number of alkyl halides is 3. The van der Waals surface area contributed by atoms with Crippen molar-refractivity contribution < 1.29 is 22.7 Å². The van der Waals surface area contributed by atoms with Crippen molar-refractivity contribution in [2.24, 2.45) is 0 Å². The van der Waals surface area contributed by atoms with Crippen LogP contribution in [0.25, 0.3) is 0 Å². The van der Waals surface area contributed by atoms with Crippen LogP contribution in [0.15, 0.2) is 43.1 Å². The standard InChI is InChI=1S/C14H9ClF3N3O2/c1-2-11(22)20-8-4-3-5-9(6-8)23-12-10(14(16,17)18)7-19-13(15)21-12/h2-7H,1H2,(H,20,22). The number of halogens is 4. The van der Waals surface area contributed by atoms with E-state index in [4.69, 9.17) is 16.3 Å². The van der Waals surface area contributed by atoms with Gasteiger partial charge < -0.3 is 10.1 Å². The lowest BCUT2D eigenvalue weighted by atomic mass is 10.3. The summed E-state index contributed by atoms with van der Waals surface area (Å²) in [5.41, 5.74) is -0.844. The second-order valence-electron chi connectivity index (χ2n) is 4.18. The highest BCUT2D eigenvalue weighted by atomic mass is 35.5. The van der Waals surface area contributed by atoms with E-state index < -0.39 is 23.5 Å². The van der Waals surface area contributed by atoms with Crippen LogP contribution in [-0.2, 0) is 11.0 Å². The second-order valence-corrected chi connectivity index (χ2v) is 4.52. The highest BCUT2D eigenvalue weighted by molar-refractivity contribution is 6.28. The van der Waals surface area contributed by atoms with Crippen LogP contribution in [0.3, 0.4) is 0 Å². The van der Waals surface area contributed by atoms with Crippen LogP contribution in [0, 0.1) is 0 Å². The summed E-state index contributed by atoms with van der Waals surface area (Å²) in [5.74, 6) is -1.17. The van der Waals surface area contributed by atoms with Gasteiger partial charge in [-0.3, -0.25) is 4.79 Å². The monoisotopic (exact) mass is 343 g/mol. The lowest BCUT2D eigenvalue weighted by Crippen LogP contribution is -2.10. The van der Waals surface area contributed by atoms with Gasteiger partial charge in [0.2, 0.25) is 17.1 Å². The predicted molar refractivity (Wildman–Crippen MR) is 77.4 cm³/mol. The zero-order chi connectivity index (χ0) is 17.0. The molecule has 1 aromatic carbocycles. The Labute approximate surface area is 133 Å². The molecule has 23 heavy (non-hydrogen) atoms. The molecule has 0 aliphatic heterocycles. The number of rotatable bonds is 4. The van der Waals surface area contributed by atoms with Crippen molar-refractivity contribution in [2.75, 3.05) is 5.32 Å². The Balaban J connectivity index is 2.32. The largest absolute Gasteiger partial charge is 0.438 e. The van der Waals surface area contributed by atoms with E-state index in [1.54, 1.807) is 0 Å². The zero-order valence-corrected chi connectivity index (χ0v) is 12.1. The molecule has 0 aliphatic carbocycles. The Morgan fingerprint density at radius 3 is 2.78 bits per heavy atom. The highest BCUT2D eigenvalue weighted by Crippen LogP contribution is 2.37. The van der Waals surface area contributed by atoms with Crippen molar-refractivity contribution in [1.82, 2.24) is 9.97 Å². The molecule has 0 saturated heterocycles. The molecule has 5 nitrogen and oxygen atoms in total. The molecule has 0 unspecified atom stereocenters. The summed E-state index contributed by atoms with van der Waals surface area (Å²) in [6, 6.07) is 5.76. The van der Waals surface area contributed by atoms with Crippen molar-refractivity contribution in [3.8, 4) is 11.6 Å². The molecule has 1 aromatic heterocycles. The van der Waals surface area contributed by atoms with Crippen molar-refractivity contribution in [1.29, 1.82) is 0 Å². The number of hydrogen-bond acceptors (Lipinski definition) is 4. The number of ether oxygens (including phenoxy) is 1. The number of carbonyl (C=O) groups is 1. The maximum absolute atomic E-state index is 12.9. The summed E-state index contributed by atoms with van der Waals surface area (Å²) in [6.45, 7) is 3.30. The lowest BCUT2D eigenvalue weighted by Gasteiger charge is -2.12. The molecule has 1 amide bonds. The van der Waals surface area contributed by atoms with Crippen molar-refractivity contribution in [3.05, 3.63) is 54.0 Å². The van der Waals surface area contributed by atoms with E-state index in [1.807, 2.05) is 0 Å². The maximum atomic E-state index is 12.9. The molecule has 9 heteroatoms. The Morgan fingerprint density at radius 2 is 2.13 bits per heavy atom.